The van der Waals surface area contributed by atoms with Gasteiger partial charge in [0, 0.05) is 23.5 Å². The maximum absolute atomic E-state index is 12.1. The molecule has 1 unspecified atom stereocenters. The molecule has 0 aliphatic carbocycles. The van der Waals surface area contributed by atoms with E-state index in [-0.39, 0.29) is 24.1 Å². The second-order valence-corrected chi connectivity index (χ2v) is 4.90. The van der Waals surface area contributed by atoms with Gasteiger partial charge in [0.2, 0.25) is 0 Å². The monoisotopic (exact) mass is 315 g/mol. The summed E-state index contributed by atoms with van der Waals surface area (Å²) in [5.74, 6) is -0.856. The molecule has 6 heteroatoms. The number of nitrogens with zero attached hydrogens (tertiary/aromatic N) is 1. The summed E-state index contributed by atoms with van der Waals surface area (Å²) in [7, 11) is 0. The molecule has 0 bridgehead atoms. The fraction of sp³-hybridized carbons (Fsp3) is 0.353. The van der Waals surface area contributed by atoms with Crippen molar-refractivity contribution < 1.29 is 14.3 Å². The van der Waals surface area contributed by atoms with Gasteiger partial charge < -0.3 is 15.4 Å². The molecule has 122 valence electrons. The van der Waals surface area contributed by atoms with Crippen LogP contribution in [0.25, 0.3) is 0 Å². The molecule has 1 aromatic rings. The van der Waals surface area contributed by atoms with Crippen molar-refractivity contribution in [1.29, 1.82) is 5.26 Å². The molecule has 0 aliphatic heterocycles. The largest absolute Gasteiger partial charge is 0.462 e. The van der Waals surface area contributed by atoms with E-state index in [2.05, 4.69) is 10.6 Å². The van der Waals surface area contributed by atoms with Crippen LogP contribution in [0.3, 0.4) is 0 Å². The zero-order valence-corrected chi connectivity index (χ0v) is 13.6. The maximum atomic E-state index is 12.1. The number of nitrogens with one attached hydrogen (secondary N) is 2. The van der Waals surface area contributed by atoms with E-state index in [9.17, 15) is 9.59 Å². The lowest BCUT2D eigenvalue weighted by Gasteiger charge is -2.12. The summed E-state index contributed by atoms with van der Waals surface area (Å²) in [6, 6.07) is 8.66. The Labute approximate surface area is 136 Å². The molecular formula is C17H21N3O3. The third kappa shape index (κ3) is 5.83. The Morgan fingerprint density at radius 1 is 1.39 bits per heavy atom. The van der Waals surface area contributed by atoms with Gasteiger partial charge in [-0.15, -0.1) is 0 Å². The summed E-state index contributed by atoms with van der Waals surface area (Å²) in [6.45, 7) is 5.79. The molecule has 1 aromatic carbocycles. The van der Waals surface area contributed by atoms with Crippen LogP contribution in [-0.2, 0) is 9.53 Å². The van der Waals surface area contributed by atoms with E-state index < -0.39 is 5.97 Å². The molecule has 0 aromatic heterocycles. The number of anilines is 1. The molecule has 23 heavy (non-hydrogen) atoms. The molecule has 0 saturated heterocycles. The van der Waals surface area contributed by atoms with Crippen molar-refractivity contribution in [2.24, 2.45) is 0 Å². The lowest BCUT2D eigenvalue weighted by molar-refractivity contribution is -0.138. The molecule has 1 atom stereocenters. The van der Waals surface area contributed by atoms with E-state index in [0.717, 1.165) is 6.42 Å². The molecule has 0 spiro atoms. The fourth-order valence-electron chi connectivity index (χ4n) is 1.66. The Hall–Kier alpha value is -2.81. The molecule has 0 aliphatic rings. The minimum Gasteiger partial charge on any atom is -0.462 e. The number of esters is 1. The highest BCUT2D eigenvalue weighted by atomic mass is 16.5. The van der Waals surface area contributed by atoms with Crippen LogP contribution < -0.4 is 10.6 Å². The highest BCUT2D eigenvalue weighted by molar-refractivity contribution is 5.95. The topological polar surface area (TPSA) is 91.2 Å². The zero-order chi connectivity index (χ0) is 17.2. The zero-order valence-electron chi connectivity index (χ0n) is 13.6. The van der Waals surface area contributed by atoms with Crippen molar-refractivity contribution >= 4 is 17.6 Å². The molecule has 0 radical (unpaired) electrons. The van der Waals surface area contributed by atoms with Gasteiger partial charge in [-0.1, -0.05) is 13.0 Å². The minimum absolute atomic E-state index is 0.0908. The van der Waals surface area contributed by atoms with Crippen LogP contribution in [0.5, 0.6) is 0 Å². The number of ether oxygens (including phenoxy) is 1. The third-order valence-electron chi connectivity index (χ3n) is 3.11. The van der Waals surface area contributed by atoms with E-state index in [1.165, 1.54) is 6.20 Å². The first-order valence-corrected chi connectivity index (χ1v) is 7.46. The summed E-state index contributed by atoms with van der Waals surface area (Å²) < 4.78 is 4.77. The third-order valence-corrected chi connectivity index (χ3v) is 3.11. The Bertz CT molecular complexity index is 632. The molecule has 0 saturated carbocycles. The number of amides is 1. The molecular weight excluding hydrogens is 294 g/mol. The molecule has 2 N–H and O–H groups in total. The first-order valence-electron chi connectivity index (χ1n) is 7.46. The van der Waals surface area contributed by atoms with Crippen molar-refractivity contribution in [2.45, 2.75) is 33.2 Å². The highest BCUT2D eigenvalue weighted by Gasteiger charge is 2.10. The molecule has 1 rings (SSSR count). The van der Waals surface area contributed by atoms with E-state index in [4.69, 9.17) is 10.00 Å². The minimum atomic E-state index is -0.687. The summed E-state index contributed by atoms with van der Waals surface area (Å²) in [4.78, 5) is 23.6. The average Bonchev–Trinajstić information content (AvgIpc) is 2.55. The lowest BCUT2D eigenvalue weighted by atomic mass is 10.1. The van der Waals surface area contributed by atoms with Gasteiger partial charge in [0.1, 0.15) is 6.07 Å². The van der Waals surface area contributed by atoms with Crippen LogP contribution in [-0.4, -0.2) is 24.5 Å². The number of carbonyl (C=O) groups excluding carboxylic acids is 2. The van der Waals surface area contributed by atoms with Gasteiger partial charge >= 0.3 is 5.97 Å². The van der Waals surface area contributed by atoms with Gasteiger partial charge in [-0.2, -0.15) is 5.26 Å². The average molecular weight is 315 g/mol. The first-order chi connectivity index (χ1) is 11.0. The molecule has 6 nitrogen and oxygen atoms in total. The number of nitriles is 1. The molecule has 0 fully saturated rings. The van der Waals surface area contributed by atoms with Crippen molar-refractivity contribution in [3.63, 3.8) is 0 Å². The Balaban J connectivity index is 2.83. The molecule has 0 heterocycles. The van der Waals surface area contributed by atoms with Crippen molar-refractivity contribution in [3.05, 3.63) is 41.6 Å². The summed E-state index contributed by atoms with van der Waals surface area (Å²) in [6.07, 6.45) is 2.11. The smallest absolute Gasteiger partial charge is 0.350 e. The number of carbonyl (C=O) groups is 2. The predicted molar refractivity (Wildman–Crippen MR) is 87.6 cm³/mol. The summed E-state index contributed by atoms with van der Waals surface area (Å²) >= 11 is 0. The Morgan fingerprint density at radius 3 is 2.74 bits per heavy atom. The van der Waals surface area contributed by atoms with Crippen molar-refractivity contribution in [3.8, 4) is 6.07 Å². The van der Waals surface area contributed by atoms with Crippen LogP contribution in [0.1, 0.15) is 37.6 Å². The van der Waals surface area contributed by atoms with Crippen LogP contribution in [0.15, 0.2) is 36.0 Å². The van der Waals surface area contributed by atoms with Crippen LogP contribution >= 0.6 is 0 Å². The Kier molecular flexibility index (Phi) is 7.34. The second kappa shape index (κ2) is 9.26. The van der Waals surface area contributed by atoms with Crippen molar-refractivity contribution in [1.82, 2.24) is 5.32 Å². The van der Waals surface area contributed by atoms with Gasteiger partial charge in [0.05, 0.1) is 6.61 Å². The van der Waals surface area contributed by atoms with Crippen molar-refractivity contribution in [2.75, 3.05) is 11.9 Å². The maximum Gasteiger partial charge on any atom is 0.350 e. The number of hydrogen-bond donors (Lipinski definition) is 2. The van der Waals surface area contributed by atoms with Crippen LogP contribution in [0.4, 0.5) is 5.69 Å². The number of rotatable bonds is 7. The van der Waals surface area contributed by atoms with E-state index in [0.29, 0.717) is 11.3 Å². The normalized spacial score (nSPS) is 12.0. The van der Waals surface area contributed by atoms with E-state index in [1.807, 2.05) is 13.8 Å². The lowest BCUT2D eigenvalue weighted by Crippen LogP contribution is -2.31. The van der Waals surface area contributed by atoms with Crippen LogP contribution in [0, 0.1) is 11.3 Å². The van der Waals surface area contributed by atoms with Gasteiger partial charge in [-0.05, 0) is 38.5 Å². The van der Waals surface area contributed by atoms with Gasteiger partial charge in [-0.3, -0.25) is 4.79 Å². The van der Waals surface area contributed by atoms with E-state index >= 15 is 0 Å². The standard InChI is InChI=1S/C17H21N3O3/c1-4-12(3)20-16(21)13-7-6-8-15(9-13)19-11-14(10-18)17(22)23-5-2/h6-9,11-12,19H,4-5H2,1-3H3,(H,20,21)/b14-11+. The Morgan fingerprint density at radius 2 is 2.13 bits per heavy atom. The SMILES string of the molecule is CCOC(=O)/C(C#N)=C/Nc1cccc(C(=O)NC(C)CC)c1. The summed E-state index contributed by atoms with van der Waals surface area (Å²) in [5, 5.41) is 14.7. The van der Waals surface area contributed by atoms with Gasteiger partial charge in [0.25, 0.3) is 5.91 Å². The highest BCUT2D eigenvalue weighted by Crippen LogP contribution is 2.12. The summed E-state index contributed by atoms with van der Waals surface area (Å²) in [5.41, 5.74) is 0.957. The molecule has 1 amide bonds. The number of hydrogen-bond acceptors (Lipinski definition) is 5. The first kappa shape index (κ1) is 18.2. The second-order valence-electron chi connectivity index (χ2n) is 4.90. The fourth-order valence-corrected chi connectivity index (χ4v) is 1.66. The number of benzene rings is 1. The van der Waals surface area contributed by atoms with Gasteiger partial charge in [0.15, 0.2) is 5.57 Å². The van der Waals surface area contributed by atoms with Crippen LogP contribution in [0.2, 0.25) is 0 Å². The van der Waals surface area contributed by atoms with Gasteiger partial charge in [-0.25, -0.2) is 4.79 Å². The quantitative estimate of drug-likeness (QED) is 0.458. The predicted octanol–water partition coefficient (Wildman–Crippen LogP) is 2.60. The van der Waals surface area contributed by atoms with E-state index in [1.54, 1.807) is 37.3 Å².